The van der Waals surface area contributed by atoms with E-state index in [1.54, 1.807) is 0 Å². The Morgan fingerprint density at radius 1 is 1.23 bits per heavy atom. The van der Waals surface area contributed by atoms with E-state index in [0.717, 1.165) is 6.04 Å². The van der Waals surface area contributed by atoms with Crippen LogP contribution >= 0.6 is 0 Å². The first-order valence-electron chi connectivity index (χ1n) is 4.79. The minimum atomic E-state index is -1.07. The number of aliphatic hydroxyl groups is 1. The summed E-state index contributed by atoms with van der Waals surface area (Å²) in [5.74, 6) is 6.01. The van der Waals surface area contributed by atoms with E-state index in [9.17, 15) is 5.11 Å². The molecule has 0 rings (SSSR count). The van der Waals surface area contributed by atoms with Crippen molar-refractivity contribution >= 4 is 8.07 Å². The summed E-state index contributed by atoms with van der Waals surface area (Å²) >= 11 is 0. The molecule has 0 aromatic rings. The highest BCUT2D eigenvalue weighted by molar-refractivity contribution is 6.76. The molecule has 0 heterocycles. The van der Waals surface area contributed by atoms with E-state index in [2.05, 4.69) is 31.5 Å². The third kappa shape index (κ3) is 6.86. The highest BCUT2D eigenvalue weighted by atomic mass is 28.3. The van der Waals surface area contributed by atoms with Gasteiger partial charge < -0.3 is 5.11 Å². The lowest BCUT2D eigenvalue weighted by molar-refractivity contribution is 0.114. The minimum absolute atomic E-state index is 0.119. The van der Waals surface area contributed by atoms with Crippen LogP contribution < -0.4 is 0 Å². The molecular weight excluding hydrogens is 176 g/mol. The molecule has 0 fully saturated rings. The standard InChI is InChI=1S/C11H22OSi/c1-11(2,3)10(12)8-7-9-13(4,5)6/h10,12H,9H2,1-6H3. The monoisotopic (exact) mass is 198 g/mol. The molecule has 1 nitrogen and oxygen atoms in total. The predicted molar refractivity (Wildman–Crippen MR) is 61.4 cm³/mol. The summed E-state index contributed by atoms with van der Waals surface area (Å²) in [5.41, 5.74) is -0.119. The molecule has 0 amide bonds. The van der Waals surface area contributed by atoms with Crippen LogP contribution in [0.3, 0.4) is 0 Å². The molecule has 0 bridgehead atoms. The van der Waals surface area contributed by atoms with Crippen molar-refractivity contribution in [1.29, 1.82) is 0 Å². The normalized spacial score (nSPS) is 14.7. The second-order valence-corrected chi connectivity index (χ2v) is 11.3. The fourth-order valence-corrected chi connectivity index (χ4v) is 1.26. The molecule has 0 aliphatic heterocycles. The van der Waals surface area contributed by atoms with Gasteiger partial charge in [-0.15, -0.1) is 5.92 Å². The lowest BCUT2D eigenvalue weighted by atomic mass is 9.90. The van der Waals surface area contributed by atoms with E-state index >= 15 is 0 Å². The third-order valence-electron chi connectivity index (χ3n) is 1.68. The van der Waals surface area contributed by atoms with Crippen molar-refractivity contribution < 1.29 is 5.11 Å². The van der Waals surface area contributed by atoms with E-state index in [1.807, 2.05) is 20.8 Å². The Morgan fingerprint density at radius 3 is 2.00 bits per heavy atom. The Hall–Kier alpha value is -0.263. The summed E-state index contributed by atoms with van der Waals surface area (Å²) in [6.45, 7) is 12.9. The second kappa shape index (κ2) is 4.30. The zero-order chi connectivity index (χ0) is 10.7. The fourth-order valence-electron chi connectivity index (χ4n) is 0.629. The summed E-state index contributed by atoms with van der Waals surface area (Å²) in [4.78, 5) is 0. The number of hydrogen-bond donors (Lipinski definition) is 1. The topological polar surface area (TPSA) is 20.2 Å². The highest BCUT2D eigenvalue weighted by Crippen LogP contribution is 2.18. The summed E-state index contributed by atoms with van der Waals surface area (Å²) in [5, 5.41) is 9.62. The fraction of sp³-hybridized carbons (Fsp3) is 0.818. The number of aliphatic hydroxyl groups excluding tert-OH is 1. The van der Waals surface area contributed by atoms with Crippen LogP contribution in [-0.2, 0) is 0 Å². The third-order valence-corrected chi connectivity index (χ3v) is 2.92. The molecule has 0 saturated heterocycles. The Labute approximate surface area is 83.6 Å². The Bertz CT molecular complexity index is 209. The molecule has 0 aromatic heterocycles. The molecule has 0 aromatic carbocycles. The van der Waals surface area contributed by atoms with Crippen LogP contribution in [0.15, 0.2) is 0 Å². The summed E-state index contributed by atoms with van der Waals surface area (Å²) in [6.07, 6.45) is -0.496. The molecule has 13 heavy (non-hydrogen) atoms. The van der Waals surface area contributed by atoms with E-state index in [0.29, 0.717) is 0 Å². The molecule has 0 spiro atoms. The molecule has 0 aliphatic carbocycles. The first-order valence-corrected chi connectivity index (χ1v) is 8.50. The zero-order valence-corrected chi connectivity index (χ0v) is 10.7. The van der Waals surface area contributed by atoms with Crippen LogP contribution in [0.25, 0.3) is 0 Å². The van der Waals surface area contributed by atoms with Gasteiger partial charge in [0.1, 0.15) is 6.10 Å². The van der Waals surface area contributed by atoms with Gasteiger partial charge in [-0.05, 0) is 5.41 Å². The van der Waals surface area contributed by atoms with E-state index in [-0.39, 0.29) is 5.41 Å². The lowest BCUT2D eigenvalue weighted by Crippen LogP contribution is -2.24. The van der Waals surface area contributed by atoms with Gasteiger partial charge in [0.25, 0.3) is 0 Å². The zero-order valence-electron chi connectivity index (χ0n) is 9.73. The molecule has 0 saturated carbocycles. The molecule has 1 unspecified atom stereocenters. The maximum absolute atomic E-state index is 9.62. The molecule has 1 N–H and O–H groups in total. The van der Waals surface area contributed by atoms with Crippen molar-refractivity contribution in [3.63, 3.8) is 0 Å². The highest BCUT2D eigenvalue weighted by Gasteiger charge is 2.19. The Morgan fingerprint density at radius 2 is 1.69 bits per heavy atom. The molecule has 0 aliphatic rings. The van der Waals surface area contributed by atoms with Gasteiger partial charge in [-0.3, -0.25) is 0 Å². The van der Waals surface area contributed by atoms with Gasteiger partial charge in [-0.2, -0.15) is 0 Å². The molecule has 1 atom stereocenters. The Kier molecular flexibility index (Phi) is 4.21. The number of hydrogen-bond acceptors (Lipinski definition) is 1. The SMILES string of the molecule is CC(C)(C)C(O)C#CC[Si](C)(C)C. The van der Waals surface area contributed by atoms with Gasteiger partial charge in [0.15, 0.2) is 0 Å². The minimum Gasteiger partial charge on any atom is -0.380 e. The molecule has 0 radical (unpaired) electrons. The van der Waals surface area contributed by atoms with Gasteiger partial charge in [-0.1, -0.05) is 46.3 Å². The van der Waals surface area contributed by atoms with E-state index in [1.165, 1.54) is 0 Å². The van der Waals surface area contributed by atoms with Crippen LogP contribution in [0.2, 0.25) is 25.7 Å². The van der Waals surface area contributed by atoms with Crippen LogP contribution in [0.5, 0.6) is 0 Å². The maximum Gasteiger partial charge on any atom is 0.119 e. The van der Waals surface area contributed by atoms with Crippen LogP contribution in [0.4, 0.5) is 0 Å². The average molecular weight is 198 g/mol. The first kappa shape index (κ1) is 12.7. The van der Waals surface area contributed by atoms with Crippen molar-refractivity contribution in [2.24, 2.45) is 5.41 Å². The van der Waals surface area contributed by atoms with Crippen molar-refractivity contribution in [2.45, 2.75) is 52.6 Å². The van der Waals surface area contributed by atoms with Gasteiger partial charge in [0.05, 0.1) is 8.07 Å². The quantitative estimate of drug-likeness (QED) is 0.507. The smallest absolute Gasteiger partial charge is 0.119 e. The van der Waals surface area contributed by atoms with Crippen molar-refractivity contribution in [3.8, 4) is 11.8 Å². The van der Waals surface area contributed by atoms with Gasteiger partial charge in [0.2, 0.25) is 0 Å². The van der Waals surface area contributed by atoms with Gasteiger partial charge in [0, 0.05) is 6.04 Å². The maximum atomic E-state index is 9.62. The summed E-state index contributed by atoms with van der Waals surface area (Å²) in [6, 6.07) is 0.972. The van der Waals surface area contributed by atoms with Gasteiger partial charge >= 0.3 is 0 Å². The van der Waals surface area contributed by atoms with Crippen molar-refractivity contribution in [2.75, 3.05) is 0 Å². The molecular formula is C11H22OSi. The van der Waals surface area contributed by atoms with Crippen LogP contribution in [0.1, 0.15) is 20.8 Å². The first-order chi connectivity index (χ1) is 5.63. The summed E-state index contributed by atoms with van der Waals surface area (Å²) in [7, 11) is -1.07. The van der Waals surface area contributed by atoms with Crippen LogP contribution in [0, 0.1) is 17.3 Å². The number of rotatable bonds is 1. The van der Waals surface area contributed by atoms with Crippen molar-refractivity contribution in [3.05, 3.63) is 0 Å². The largest absolute Gasteiger partial charge is 0.380 e. The van der Waals surface area contributed by atoms with Gasteiger partial charge in [-0.25, -0.2) is 0 Å². The molecule has 2 heteroatoms. The van der Waals surface area contributed by atoms with Crippen LogP contribution in [-0.4, -0.2) is 19.3 Å². The Balaban J connectivity index is 4.13. The average Bonchev–Trinajstić information content (AvgIpc) is 1.82. The molecule has 76 valence electrons. The van der Waals surface area contributed by atoms with E-state index < -0.39 is 14.2 Å². The van der Waals surface area contributed by atoms with Crippen molar-refractivity contribution in [1.82, 2.24) is 0 Å². The second-order valence-electron chi connectivity index (χ2n) is 5.83. The summed E-state index contributed by atoms with van der Waals surface area (Å²) < 4.78 is 0. The lowest BCUT2D eigenvalue weighted by Gasteiger charge is -2.20. The van der Waals surface area contributed by atoms with E-state index in [4.69, 9.17) is 0 Å². The predicted octanol–water partition coefficient (Wildman–Crippen LogP) is 2.74.